The van der Waals surface area contributed by atoms with E-state index < -0.39 is 0 Å². The normalized spacial score (nSPS) is 16.7. The Morgan fingerprint density at radius 3 is 2.50 bits per heavy atom. The Balaban J connectivity index is 1.87. The molecule has 2 aromatic carbocycles. The van der Waals surface area contributed by atoms with Gasteiger partial charge in [-0.2, -0.15) is 0 Å². The summed E-state index contributed by atoms with van der Waals surface area (Å²) in [5.74, 6) is 0.869. The molecule has 2 heterocycles. The van der Waals surface area contributed by atoms with E-state index in [2.05, 4.69) is 18.2 Å². The van der Waals surface area contributed by atoms with Gasteiger partial charge in [-0.05, 0) is 56.4 Å². The minimum atomic E-state index is -0.265. The number of hydrogen-bond acceptors (Lipinski definition) is 3. The van der Waals surface area contributed by atoms with Gasteiger partial charge in [-0.25, -0.2) is 4.79 Å². The lowest BCUT2D eigenvalue weighted by Gasteiger charge is -2.28. The monoisotopic (exact) mass is 320 g/mol. The highest BCUT2D eigenvalue weighted by Crippen LogP contribution is 2.41. The summed E-state index contributed by atoms with van der Waals surface area (Å²) < 4.78 is 11.9. The van der Waals surface area contributed by atoms with Crippen LogP contribution in [0.25, 0.3) is 11.0 Å². The van der Waals surface area contributed by atoms with Gasteiger partial charge >= 0.3 is 5.63 Å². The number of aryl methyl sites for hydroxylation is 3. The summed E-state index contributed by atoms with van der Waals surface area (Å²) in [6, 6.07) is 12.4. The van der Waals surface area contributed by atoms with E-state index in [1.54, 1.807) is 0 Å². The lowest BCUT2D eigenvalue weighted by Crippen LogP contribution is -2.17. The highest BCUT2D eigenvalue weighted by Gasteiger charge is 2.25. The van der Waals surface area contributed by atoms with Crippen molar-refractivity contribution in [1.82, 2.24) is 0 Å². The lowest BCUT2D eigenvalue weighted by atomic mass is 9.93. The molecule has 1 aliphatic heterocycles. The van der Waals surface area contributed by atoms with Crippen molar-refractivity contribution in [2.45, 2.75) is 39.7 Å². The molecule has 0 saturated heterocycles. The zero-order chi connectivity index (χ0) is 16.8. The van der Waals surface area contributed by atoms with Crippen molar-refractivity contribution < 1.29 is 9.15 Å². The summed E-state index contributed by atoms with van der Waals surface area (Å²) in [6.45, 7) is 5.78. The minimum Gasteiger partial charge on any atom is -0.485 e. The molecule has 1 aromatic heterocycles. The number of hydrogen-bond donors (Lipinski definition) is 0. The van der Waals surface area contributed by atoms with Gasteiger partial charge in [0.15, 0.2) is 0 Å². The molecule has 0 unspecified atom stereocenters. The fourth-order valence-electron chi connectivity index (χ4n) is 3.53. The quantitative estimate of drug-likeness (QED) is 0.605. The molecular formula is C21H20O3. The topological polar surface area (TPSA) is 39.4 Å². The van der Waals surface area contributed by atoms with Crippen molar-refractivity contribution in [3.63, 3.8) is 0 Å². The average Bonchev–Trinajstić information content (AvgIpc) is 2.62. The molecule has 3 heteroatoms. The Hall–Kier alpha value is -2.55. The SMILES string of the molecule is Cc1c(C)c2cc3c(c(C)c2oc1=O)O[C@@H](c1ccccc1)CC3. The maximum Gasteiger partial charge on any atom is 0.339 e. The van der Waals surface area contributed by atoms with Crippen LogP contribution in [-0.4, -0.2) is 0 Å². The van der Waals surface area contributed by atoms with Crippen LogP contribution in [0.15, 0.2) is 45.6 Å². The second-order valence-corrected chi connectivity index (χ2v) is 6.56. The van der Waals surface area contributed by atoms with E-state index in [1.807, 2.05) is 39.0 Å². The van der Waals surface area contributed by atoms with E-state index in [4.69, 9.17) is 9.15 Å². The summed E-state index contributed by atoms with van der Waals surface area (Å²) in [7, 11) is 0. The Bertz CT molecular complexity index is 984. The molecule has 0 radical (unpaired) electrons. The van der Waals surface area contributed by atoms with E-state index in [1.165, 1.54) is 11.1 Å². The first kappa shape index (κ1) is 15.0. The van der Waals surface area contributed by atoms with Crippen LogP contribution in [0.2, 0.25) is 0 Å². The second-order valence-electron chi connectivity index (χ2n) is 6.56. The number of fused-ring (bicyclic) bond motifs is 2. The maximum atomic E-state index is 12.1. The highest BCUT2D eigenvalue weighted by molar-refractivity contribution is 5.87. The summed E-state index contributed by atoms with van der Waals surface area (Å²) >= 11 is 0. The fraction of sp³-hybridized carbons (Fsp3) is 0.286. The smallest absolute Gasteiger partial charge is 0.339 e. The molecule has 0 bridgehead atoms. The van der Waals surface area contributed by atoms with Crippen LogP contribution in [0.1, 0.15) is 40.3 Å². The van der Waals surface area contributed by atoms with Crippen LogP contribution >= 0.6 is 0 Å². The van der Waals surface area contributed by atoms with Crippen LogP contribution in [-0.2, 0) is 6.42 Å². The van der Waals surface area contributed by atoms with E-state index in [0.717, 1.165) is 35.1 Å². The molecule has 24 heavy (non-hydrogen) atoms. The molecule has 122 valence electrons. The summed E-state index contributed by atoms with van der Waals surface area (Å²) in [5.41, 5.74) is 5.36. The van der Waals surface area contributed by atoms with E-state index in [-0.39, 0.29) is 11.7 Å². The standard InChI is InChI=1S/C21H20O3/c1-12-13(2)21(22)24-20-14(3)19-16(11-17(12)20)9-10-18(23-19)15-7-5-4-6-8-15/h4-8,11,18H,9-10H2,1-3H3/t18-/m1/s1. The average molecular weight is 320 g/mol. The third-order valence-corrected chi connectivity index (χ3v) is 5.11. The van der Waals surface area contributed by atoms with Crippen molar-refractivity contribution in [1.29, 1.82) is 0 Å². The molecule has 3 aromatic rings. The van der Waals surface area contributed by atoms with Gasteiger partial charge in [-0.1, -0.05) is 30.3 Å². The number of rotatable bonds is 1. The molecule has 1 aliphatic rings. The number of benzene rings is 2. The molecule has 0 aliphatic carbocycles. The Labute approximate surface area is 140 Å². The molecule has 4 rings (SSSR count). The van der Waals surface area contributed by atoms with Gasteiger partial charge in [-0.3, -0.25) is 0 Å². The predicted molar refractivity (Wildman–Crippen MR) is 94.8 cm³/mol. The van der Waals surface area contributed by atoms with E-state index >= 15 is 0 Å². The van der Waals surface area contributed by atoms with Gasteiger partial charge in [0, 0.05) is 16.5 Å². The third-order valence-electron chi connectivity index (χ3n) is 5.11. The Kier molecular flexibility index (Phi) is 3.45. The Morgan fingerprint density at radius 1 is 1.00 bits per heavy atom. The van der Waals surface area contributed by atoms with Crippen LogP contribution in [0.5, 0.6) is 5.75 Å². The maximum absolute atomic E-state index is 12.1. The summed E-state index contributed by atoms with van der Waals surface area (Å²) in [5, 5.41) is 1.02. The van der Waals surface area contributed by atoms with Gasteiger partial charge in [0.05, 0.1) is 0 Å². The molecule has 1 atom stereocenters. The first-order valence-electron chi connectivity index (χ1n) is 8.34. The molecule has 0 fully saturated rings. The molecule has 0 N–H and O–H groups in total. The minimum absolute atomic E-state index is 0.0492. The highest BCUT2D eigenvalue weighted by atomic mass is 16.5. The van der Waals surface area contributed by atoms with Crippen LogP contribution in [0, 0.1) is 20.8 Å². The van der Waals surface area contributed by atoms with E-state index in [9.17, 15) is 4.79 Å². The van der Waals surface area contributed by atoms with Crippen LogP contribution < -0.4 is 10.4 Å². The largest absolute Gasteiger partial charge is 0.485 e. The van der Waals surface area contributed by atoms with Crippen LogP contribution in [0.4, 0.5) is 0 Å². The third kappa shape index (κ3) is 2.23. The molecule has 3 nitrogen and oxygen atoms in total. The summed E-state index contributed by atoms with van der Waals surface area (Å²) in [4.78, 5) is 12.1. The first-order valence-corrected chi connectivity index (χ1v) is 8.34. The predicted octanol–water partition coefficient (Wildman–Crippen LogP) is 4.78. The fourth-order valence-corrected chi connectivity index (χ4v) is 3.53. The van der Waals surface area contributed by atoms with Gasteiger partial charge in [0.1, 0.15) is 17.4 Å². The zero-order valence-corrected chi connectivity index (χ0v) is 14.2. The molecule has 0 spiro atoms. The Morgan fingerprint density at radius 2 is 1.75 bits per heavy atom. The summed E-state index contributed by atoms with van der Waals surface area (Å²) in [6.07, 6.45) is 1.97. The zero-order valence-electron chi connectivity index (χ0n) is 14.2. The van der Waals surface area contributed by atoms with Gasteiger partial charge < -0.3 is 9.15 Å². The van der Waals surface area contributed by atoms with Gasteiger partial charge in [0.2, 0.25) is 0 Å². The van der Waals surface area contributed by atoms with Crippen molar-refractivity contribution in [3.05, 3.63) is 74.6 Å². The van der Waals surface area contributed by atoms with Crippen molar-refractivity contribution in [2.24, 2.45) is 0 Å². The number of ether oxygens (including phenoxy) is 1. The van der Waals surface area contributed by atoms with Crippen LogP contribution in [0.3, 0.4) is 0 Å². The molecular weight excluding hydrogens is 300 g/mol. The van der Waals surface area contributed by atoms with Crippen molar-refractivity contribution >= 4 is 11.0 Å². The van der Waals surface area contributed by atoms with Gasteiger partial charge in [-0.15, -0.1) is 0 Å². The molecule has 0 saturated carbocycles. The second kappa shape index (κ2) is 5.52. The lowest BCUT2D eigenvalue weighted by molar-refractivity contribution is 0.175. The van der Waals surface area contributed by atoms with Crippen molar-refractivity contribution in [2.75, 3.05) is 0 Å². The van der Waals surface area contributed by atoms with Gasteiger partial charge in [0.25, 0.3) is 0 Å². The van der Waals surface area contributed by atoms with Crippen molar-refractivity contribution in [3.8, 4) is 5.75 Å². The first-order chi connectivity index (χ1) is 11.6. The molecule has 0 amide bonds. The van der Waals surface area contributed by atoms with E-state index in [0.29, 0.717) is 11.1 Å².